The zero-order valence-electron chi connectivity index (χ0n) is 8.18. The second-order valence-corrected chi connectivity index (χ2v) is 4.04. The van der Waals surface area contributed by atoms with Gasteiger partial charge in [-0.15, -0.1) is 0 Å². The van der Waals surface area contributed by atoms with Gasteiger partial charge in [0.05, 0.1) is 0 Å². The Morgan fingerprint density at radius 3 is 1.71 bits per heavy atom. The number of aromatic nitrogens is 2. The average molecular weight is 204 g/mol. The molecule has 14 heavy (non-hydrogen) atoms. The van der Waals surface area contributed by atoms with Gasteiger partial charge in [-0.25, -0.2) is 9.97 Å². The zero-order chi connectivity index (χ0) is 11.0. The van der Waals surface area contributed by atoms with Gasteiger partial charge in [0.2, 0.25) is 5.82 Å². The van der Waals surface area contributed by atoms with Crippen molar-refractivity contribution in [3.8, 4) is 0 Å². The van der Waals surface area contributed by atoms with Crippen LogP contribution in [0.5, 0.6) is 0 Å². The molecule has 0 unspecified atom stereocenters. The van der Waals surface area contributed by atoms with E-state index in [1.807, 2.05) is 20.8 Å². The van der Waals surface area contributed by atoms with Gasteiger partial charge in [0.1, 0.15) is 0 Å². The third kappa shape index (κ3) is 2.43. The molecule has 1 rings (SSSR count). The Bertz CT molecular complexity index is 275. The summed E-state index contributed by atoms with van der Waals surface area (Å²) in [6.45, 7) is 5.66. The van der Waals surface area contributed by atoms with Crippen LogP contribution >= 0.6 is 0 Å². The predicted molar refractivity (Wildman–Crippen MR) is 45.7 cm³/mol. The second kappa shape index (κ2) is 3.22. The van der Waals surface area contributed by atoms with Crippen LogP contribution < -0.4 is 0 Å². The van der Waals surface area contributed by atoms with Crippen molar-refractivity contribution in [1.82, 2.24) is 9.97 Å². The molecule has 1 aromatic rings. The average Bonchev–Trinajstić information content (AvgIpc) is 2.01. The van der Waals surface area contributed by atoms with E-state index in [-0.39, 0.29) is 5.41 Å². The Morgan fingerprint density at radius 2 is 1.43 bits per heavy atom. The summed E-state index contributed by atoms with van der Waals surface area (Å²) in [6.07, 6.45) is -2.03. The van der Waals surface area contributed by atoms with E-state index in [1.54, 1.807) is 0 Å². The third-order valence-electron chi connectivity index (χ3n) is 1.77. The molecule has 0 aliphatic heterocycles. The summed E-state index contributed by atoms with van der Waals surface area (Å²) in [5.74, 6) is -1.09. The van der Waals surface area contributed by atoms with Gasteiger partial charge in [0.25, 0.3) is 0 Å². The van der Waals surface area contributed by atoms with Crippen LogP contribution in [0.1, 0.15) is 32.2 Å². The Kier molecular flexibility index (Phi) is 2.52. The Morgan fingerprint density at radius 1 is 1.00 bits per heavy atom. The number of rotatable bonds is 0. The van der Waals surface area contributed by atoms with Crippen LogP contribution in [0.4, 0.5) is 13.2 Å². The number of hydrogen-bond acceptors (Lipinski definition) is 2. The first-order valence-electron chi connectivity index (χ1n) is 4.11. The van der Waals surface area contributed by atoms with Crippen molar-refractivity contribution in [2.45, 2.75) is 32.4 Å². The molecule has 0 saturated heterocycles. The van der Waals surface area contributed by atoms with E-state index in [0.717, 1.165) is 0 Å². The lowest BCUT2D eigenvalue weighted by atomic mass is 9.89. The van der Waals surface area contributed by atoms with E-state index in [4.69, 9.17) is 0 Å². The van der Waals surface area contributed by atoms with Gasteiger partial charge in [0.15, 0.2) is 0 Å². The van der Waals surface area contributed by atoms with E-state index in [2.05, 4.69) is 9.97 Å². The van der Waals surface area contributed by atoms with Gasteiger partial charge in [0, 0.05) is 12.4 Å². The fourth-order valence-corrected chi connectivity index (χ4v) is 0.862. The molecule has 1 heterocycles. The highest BCUT2D eigenvalue weighted by Crippen LogP contribution is 2.27. The summed E-state index contributed by atoms with van der Waals surface area (Å²) < 4.78 is 36.3. The summed E-state index contributed by atoms with van der Waals surface area (Å²) in [5.41, 5.74) is 0.454. The van der Waals surface area contributed by atoms with Crippen LogP contribution in [0, 0.1) is 0 Å². The SMILES string of the molecule is CC(C)(C)c1cnc(C(F)(F)F)nc1. The van der Waals surface area contributed by atoms with Crippen molar-refractivity contribution in [2.24, 2.45) is 0 Å². The molecule has 0 atom stereocenters. The smallest absolute Gasteiger partial charge is 0.233 e. The van der Waals surface area contributed by atoms with Crippen molar-refractivity contribution >= 4 is 0 Å². The van der Waals surface area contributed by atoms with Crippen LogP contribution in [0.15, 0.2) is 12.4 Å². The van der Waals surface area contributed by atoms with Crippen LogP contribution in [-0.2, 0) is 11.6 Å². The van der Waals surface area contributed by atoms with E-state index in [0.29, 0.717) is 5.56 Å². The number of alkyl halides is 3. The minimum atomic E-state index is -4.46. The highest BCUT2D eigenvalue weighted by atomic mass is 19.4. The summed E-state index contributed by atoms with van der Waals surface area (Å²) in [7, 11) is 0. The highest BCUT2D eigenvalue weighted by Gasteiger charge is 2.34. The van der Waals surface area contributed by atoms with Crippen LogP contribution in [0.3, 0.4) is 0 Å². The largest absolute Gasteiger partial charge is 0.451 e. The Hall–Kier alpha value is -1.13. The third-order valence-corrected chi connectivity index (χ3v) is 1.77. The molecule has 0 aliphatic rings. The Balaban J connectivity index is 3.02. The summed E-state index contributed by atoms with van der Waals surface area (Å²) in [6, 6.07) is 0. The minimum absolute atomic E-state index is 0.232. The fraction of sp³-hybridized carbons (Fsp3) is 0.556. The lowest BCUT2D eigenvalue weighted by Crippen LogP contribution is -2.16. The van der Waals surface area contributed by atoms with Crippen molar-refractivity contribution in [1.29, 1.82) is 0 Å². The molecule has 0 aliphatic carbocycles. The topological polar surface area (TPSA) is 25.8 Å². The summed E-state index contributed by atoms with van der Waals surface area (Å²) in [5, 5.41) is 0. The molecule has 0 amide bonds. The monoisotopic (exact) mass is 204 g/mol. The first-order chi connectivity index (χ1) is 6.21. The first kappa shape index (κ1) is 10.9. The van der Waals surface area contributed by atoms with E-state index < -0.39 is 12.0 Å². The molecular formula is C9H11F3N2. The molecule has 0 saturated carbocycles. The van der Waals surface area contributed by atoms with Gasteiger partial charge < -0.3 is 0 Å². The molecule has 1 aromatic heterocycles. The van der Waals surface area contributed by atoms with Crippen LogP contribution in [0.2, 0.25) is 0 Å². The summed E-state index contributed by atoms with van der Waals surface area (Å²) in [4.78, 5) is 6.56. The number of nitrogens with zero attached hydrogens (tertiary/aromatic N) is 2. The van der Waals surface area contributed by atoms with Crippen LogP contribution in [-0.4, -0.2) is 9.97 Å². The quantitative estimate of drug-likeness (QED) is 0.649. The first-order valence-corrected chi connectivity index (χ1v) is 4.11. The second-order valence-electron chi connectivity index (χ2n) is 4.04. The van der Waals surface area contributed by atoms with Gasteiger partial charge in [-0.2, -0.15) is 13.2 Å². The van der Waals surface area contributed by atoms with Gasteiger partial charge in [-0.1, -0.05) is 20.8 Å². The molecule has 0 spiro atoms. The molecule has 5 heteroatoms. The molecule has 0 radical (unpaired) electrons. The number of halogens is 3. The van der Waals surface area contributed by atoms with E-state index >= 15 is 0 Å². The highest BCUT2D eigenvalue weighted by molar-refractivity contribution is 5.15. The van der Waals surface area contributed by atoms with Crippen molar-refractivity contribution in [3.05, 3.63) is 23.8 Å². The predicted octanol–water partition coefficient (Wildman–Crippen LogP) is 2.79. The molecule has 0 bridgehead atoms. The van der Waals surface area contributed by atoms with Crippen molar-refractivity contribution < 1.29 is 13.2 Å². The van der Waals surface area contributed by atoms with E-state index in [1.165, 1.54) is 12.4 Å². The lowest BCUT2D eigenvalue weighted by Gasteiger charge is -2.17. The molecule has 2 nitrogen and oxygen atoms in total. The standard InChI is InChI=1S/C9H11F3N2/c1-8(2,3)6-4-13-7(14-5-6)9(10,11)12/h4-5H,1-3H3. The number of hydrogen-bond donors (Lipinski definition) is 0. The maximum atomic E-state index is 12.1. The van der Waals surface area contributed by atoms with Crippen molar-refractivity contribution in [2.75, 3.05) is 0 Å². The molecule has 78 valence electrons. The zero-order valence-corrected chi connectivity index (χ0v) is 8.18. The summed E-state index contributed by atoms with van der Waals surface area (Å²) >= 11 is 0. The maximum absolute atomic E-state index is 12.1. The van der Waals surface area contributed by atoms with E-state index in [9.17, 15) is 13.2 Å². The Labute approximate surface area is 80.2 Å². The molecule has 0 aromatic carbocycles. The maximum Gasteiger partial charge on any atom is 0.451 e. The van der Waals surface area contributed by atoms with Gasteiger partial charge in [-0.05, 0) is 11.0 Å². The van der Waals surface area contributed by atoms with Crippen LogP contribution in [0.25, 0.3) is 0 Å². The minimum Gasteiger partial charge on any atom is -0.233 e. The normalized spacial score (nSPS) is 13.0. The molecular weight excluding hydrogens is 193 g/mol. The van der Waals surface area contributed by atoms with Crippen molar-refractivity contribution in [3.63, 3.8) is 0 Å². The lowest BCUT2D eigenvalue weighted by molar-refractivity contribution is -0.145. The fourth-order valence-electron chi connectivity index (χ4n) is 0.862. The molecule has 0 fully saturated rings. The molecule has 0 N–H and O–H groups in total. The van der Waals surface area contributed by atoms with Gasteiger partial charge >= 0.3 is 6.18 Å². The van der Waals surface area contributed by atoms with Gasteiger partial charge in [-0.3, -0.25) is 0 Å².